The van der Waals surface area contributed by atoms with Crippen LogP contribution in [0.25, 0.3) is 0 Å². The maximum Gasteiger partial charge on any atom is 0.345 e. The third-order valence-corrected chi connectivity index (χ3v) is 7.06. The van der Waals surface area contributed by atoms with Crippen LogP contribution in [0.5, 0.6) is 0 Å². The maximum atomic E-state index is 12.5. The van der Waals surface area contributed by atoms with Gasteiger partial charge in [0, 0.05) is 37.5 Å². The molecule has 2 aliphatic heterocycles. The summed E-state index contributed by atoms with van der Waals surface area (Å²) in [5.74, 6) is 1.79. The third-order valence-electron chi connectivity index (χ3n) is 6.09. The Hall–Kier alpha value is -1.40. The van der Waals surface area contributed by atoms with Gasteiger partial charge in [-0.1, -0.05) is 6.07 Å². The minimum absolute atomic E-state index is 0. The standard InChI is InChI=1S/C22H35N7OS.HI/c1-2-23-21(25-17-18(19-9-7-16-31-19)27-12-5-6-13-27)24-11-8-15-29-22(30)28-14-4-3-10-20(28)26-29;/h7,9,16,18H,2-6,8,10-15,17H2,1H3,(H2,23,24,25);1H. The van der Waals surface area contributed by atoms with Crippen LogP contribution >= 0.6 is 35.3 Å². The van der Waals surface area contributed by atoms with Gasteiger partial charge >= 0.3 is 5.69 Å². The molecule has 1 fully saturated rings. The molecule has 0 bridgehead atoms. The highest BCUT2D eigenvalue weighted by Gasteiger charge is 2.24. The molecule has 178 valence electrons. The van der Waals surface area contributed by atoms with E-state index in [1.807, 2.05) is 15.9 Å². The van der Waals surface area contributed by atoms with E-state index < -0.39 is 0 Å². The molecule has 8 nitrogen and oxygen atoms in total. The van der Waals surface area contributed by atoms with Gasteiger partial charge in [0.2, 0.25) is 0 Å². The Morgan fingerprint density at radius 3 is 2.75 bits per heavy atom. The number of rotatable bonds is 9. The summed E-state index contributed by atoms with van der Waals surface area (Å²) in [4.78, 5) is 21.3. The summed E-state index contributed by atoms with van der Waals surface area (Å²) in [6, 6.07) is 4.71. The number of aryl methyl sites for hydroxylation is 2. The number of aromatic nitrogens is 3. The predicted octanol–water partition coefficient (Wildman–Crippen LogP) is 2.84. The van der Waals surface area contributed by atoms with Crippen molar-refractivity contribution < 1.29 is 0 Å². The van der Waals surface area contributed by atoms with Crippen LogP contribution < -0.4 is 16.3 Å². The first-order valence-electron chi connectivity index (χ1n) is 11.7. The first-order valence-corrected chi connectivity index (χ1v) is 12.6. The van der Waals surface area contributed by atoms with Crippen molar-refractivity contribution in [3.05, 3.63) is 38.7 Å². The van der Waals surface area contributed by atoms with E-state index in [0.29, 0.717) is 12.6 Å². The zero-order valence-electron chi connectivity index (χ0n) is 19.0. The Morgan fingerprint density at radius 1 is 1.22 bits per heavy atom. The van der Waals surface area contributed by atoms with Crippen LogP contribution in [0, 0.1) is 0 Å². The Morgan fingerprint density at radius 2 is 2.03 bits per heavy atom. The molecule has 0 saturated carbocycles. The summed E-state index contributed by atoms with van der Waals surface area (Å²) in [5, 5.41) is 13.5. The van der Waals surface area contributed by atoms with E-state index >= 15 is 0 Å². The smallest absolute Gasteiger partial charge is 0.345 e. The lowest BCUT2D eigenvalue weighted by Gasteiger charge is -2.25. The van der Waals surface area contributed by atoms with Crippen molar-refractivity contribution in [3.63, 3.8) is 0 Å². The van der Waals surface area contributed by atoms with Gasteiger partial charge in [0.25, 0.3) is 0 Å². The van der Waals surface area contributed by atoms with Gasteiger partial charge < -0.3 is 10.6 Å². The largest absolute Gasteiger partial charge is 0.357 e. The van der Waals surface area contributed by atoms with E-state index in [4.69, 9.17) is 4.99 Å². The molecule has 1 unspecified atom stereocenters. The first-order chi connectivity index (χ1) is 15.3. The van der Waals surface area contributed by atoms with Gasteiger partial charge in [0.1, 0.15) is 5.82 Å². The molecule has 0 spiro atoms. The first kappa shape index (κ1) is 25.2. The lowest BCUT2D eigenvalue weighted by Crippen LogP contribution is -2.39. The van der Waals surface area contributed by atoms with Crippen LogP contribution in [0.4, 0.5) is 0 Å². The van der Waals surface area contributed by atoms with Crippen LogP contribution in [0.1, 0.15) is 55.8 Å². The molecule has 2 aromatic heterocycles. The predicted molar refractivity (Wildman–Crippen MR) is 141 cm³/mol. The van der Waals surface area contributed by atoms with Crippen molar-refractivity contribution in [1.29, 1.82) is 0 Å². The van der Waals surface area contributed by atoms with E-state index in [9.17, 15) is 4.79 Å². The van der Waals surface area contributed by atoms with E-state index in [1.54, 1.807) is 4.68 Å². The minimum Gasteiger partial charge on any atom is -0.357 e. The quantitative estimate of drug-likeness (QED) is 0.209. The number of halogens is 1. The number of likely N-dealkylation sites (tertiary alicyclic amines) is 1. The Kier molecular flexibility index (Phi) is 10.0. The lowest BCUT2D eigenvalue weighted by molar-refractivity contribution is 0.255. The topological polar surface area (TPSA) is 79.5 Å². The second kappa shape index (κ2) is 12.7. The van der Waals surface area contributed by atoms with E-state index in [0.717, 1.165) is 76.7 Å². The molecular formula is C22H36IN7OS. The third kappa shape index (κ3) is 6.34. The molecule has 10 heteroatoms. The number of aliphatic imine (C=N–C) groups is 1. The molecule has 2 N–H and O–H groups in total. The monoisotopic (exact) mass is 573 g/mol. The highest BCUT2D eigenvalue weighted by molar-refractivity contribution is 14.0. The fraction of sp³-hybridized carbons (Fsp3) is 0.682. The van der Waals surface area contributed by atoms with Crippen LogP contribution in [-0.2, 0) is 19.5 Å². The number of guanidine groups is 1. The van der Waals surface area contributed by atoms with Crippen molar-refractivity contribution in [2.75, 3.05) is 32.7 Å². The number of hydrogen-bond acceptors (Lipinski definition) is 5. The molecule has 32 heavy (non-hydrogen) atoms. The molecular weight excluding hydrogens is 537 g/mol. The fourth-order valence-electron chi connectivity index (χ4n) is 4.47. The van der Waals surface area contributed by atoms with Crippen molar-refractivity contribution >= 4 is 41.3 Å². The Labute approximate surface area is 211 Å². The molecule has 4 rings (SSSR count). The Bertz CT molecular complexity index is 902. The van der Waals surface area contributed by atoms with Crippen LogP contribution in [0.2, 0.25) is 0 Å². The van der Waals surface area contributed by atoms with Crippen molar-refractivity contribution in [3.8, 4) is 0 Å². The summed E-state index contributed by atoms with van der Waals surface area (Å²) in [5.41, 5.74) is 0.0414. The molecule has 1 atom stereocenters. The van der Waals surface area contributed by atoms with Crippen molar-refractivity contribution in [1.82, 2.24) is 29.9 Å². The zero-order valence-corrected chi connectivity index (χ0v) is 22.1. The molecule has 0 radical (unpaired) electrons. The second-order valence-corrected chi connectivity index (χ2v) is 9.28. The average Bonchev–Trinajstić information content (AvgIpc) is 3.55. The van der Waals surface area contributed by atoms with E-state index in [2.05, 4.69) is 45.1 Å². The van der Waals surface area contributed by atoms with Crippen molar-refractivity contribution in [2.45, 2.75) is 64.6 Å². The second-order valence-electron chi connectivity index (χ2n) is 8.30. The number of fused-ring (bicyclic) bond motifs is 1. The molecule has 2 aromatic rings. The van der Waals surface area contributed by atoms with Gasteiger partial charge in [-0.25, -0.2) is 9.48 Å². The van der Waals surface area contributed by atoms with E-state index in [1.165, 1.54) is 17.7 Å². The van der Waals surface area contributed by atoms with Gasteiger partial charge in [-0.2, -0.15) is 5.10 Å². The number of thiophene rings is 1. The summed E-state index contributed by atoms with van der Waals surface area (Å²) < 4.78 is 3.47. The number of hydrogen-bond donors (Lipinski definition) is 2. The van der Waals surface area contributed by atoms with Gasteiger partial charge in [-0.3, -0.25) is 14.5 Å². The summed E-state index contributed by atoms with van der Waals surface area (Å²) in [7, 11) is 0. The lowest BCUT2D eigenvalue weighted by atomic mass is 10.2. The molecule has 4 heterocycles. The highest BCUT2D eigenvalue weighted by atomic mass is 127. The molecule has 0 aliphatic carbocycles. The van der Waals surface area contributed by atoms with E-state index in [-0.39, 0.29) is 29.7 Å². The van der Waals surface area contributed by atoms with Crippen LogP contribution in [0.3, 0.4) is 0 Å². The van der Waals surface area contributed by atoms with Gasteiger partial charge in [-0.05, 0) is 63.6 Å². The maximum absolute atomic E-state index is 12.5. The number of nitrogens with one attached hydrogen (secondary N) is 2. The molecule has 0 aromatic carbocycles. The SMILES string of the molecule is CCNC(=NCC(c1cccs1)N1CCCC1)NCCCn1nc2n(c1=O)CCCC2.I. The zero-order chi connectivity index (χ0) is 21.5. The summed E-state index contributed by atoms with van der Waals surface area (Å²) in [6.07, 6.45) is 6.51. The van der Waals surface area contributed by atoms with Gasteiger partial charge in [0.15, 0.2) is 5.96 Å². The summed E-state index contributed by atoms with van der Waals surface area (Å²) in [6.45, 7) is 8.19. The fourth-order valence-corrected chi connectivity index (χ4v) is 5.32. The van der Waals surface area contributed by atoms with Crippen LogP contribution in [-0.4, -0.2) is 57.9 Å². The van der Waals surface area contributed by atoms with Gasteiger partial charge in [-0.15, -0.1) is 35.3 Å². The normalized spacial score (nSPS) is 17.6. The Balaban J connectivity index is 0.00000289. The molecule has 1 saturated heterocycles. The van der Waals surface area contributed by atoms with Gasteiger partial charge in [0.05, 0.1) is 12.6 Å². The number of nitrogens with zero attached hydrogens (tertiary/aromatic N) is 5. The molecule has 2 aliphatic rings. The minimum atomic E-state index is 0. The summed E-state index contributed by atoms with van der Waals surface area (Å²) >= 11 is 1.82. The van der Waals surface area contributed by atoms with Crippen molar-refractivity contribution in [2.24, 2.45) is 4.99 Å². The van der Waals surface area contributed by atoms with Crippen LogP contribution in [0.15, 0.2) is 27.3 Å². The molecule has 0 amide bonds. The average molecular weight is 574 g/mol. The highest BCUT2D eigenvalue weighted by Crippen LogP contribution is 2.28.